The molecule has 3 aromatic rings. The van der Waals surface area contributed by atoms with E-state index in [1.165, 1.54) is 17.6 Å². The zero-order valence-electron chi connectivity index (χ0n) is 13.8. The average Bonchev–Trinajstić information content (AvgIpc) is 3.09. The maximum atomic E-state index is 11.5. The van der Waals surface area contributed by atoms with Gasteiger partial charge in [0.2, 0.25) is 5.13 Å². The van der Waals surface area contributed by atoms with E-state index in [2.05, 4.69) is 15.5 Å². The highest BCUT2D eigenvalue weighted by Crippen LogP contribution is 2.24. The van der Waals surface area contributed by atoms with E-state index in [4.69, 9.17) is 0 Å². The molecule has 3 rings (SSSR count). The topological polar surface area (TPSA) is 71.4 Å². The first-order valence-electron chi connectivity index (χ1n) is 7.55. The Labute approximate surface area is 151 Å². The van der Waals surface area contributed by atoms with Crippen LogP contribution < -0.4 is 5.43 Å². The summed E-state index contributed by atoms with van der Waals surface area (Å²) in [6.07, 6.45) is 1.19. The van der Waals surface area contributed by atoms with Gasteiger partial charge in [-0.1, -0.05) is 42.5 Å². The fourth-order valence-electron chi connectivity index (χ4n) is 2.21. The second-order valence-electron chi connectivity index (χ2n) is 5.51. The molecule has 0 bridgehead atoms. The molecule has 0 aliphatic rings. The Morgan fingerprint density at radius 1 is 1.08 bits per heavy atom. The summed E-state index contributed by atoms with van der Waals surface area (Å²) >= 11 is 1.48. The van der Waals surface area contributed by atoms with Gasteiger partial charge in [-0.3, -0.25) is 5.43 Å². The number of benzene rings is 2. The van der Waals surface area contributed by atoms with E-state index in [1.54, 1.807) is 24.3 Å². The van der Waals surface area contributed by atoms with Crippen molar-refractivity contribution in [2.45, 2.75) is 11.8 Å². The Balaban J connectivity index is 1.73. The van der Waals surface area contributed by atoms with Crippen molar-refractivity contribution in [3.8, 4) is 11.3 Å². The molecule has 7 heteroatoms. The highest BCUT2D eigenvalue weighted by Gasteiger charge is 2.07. The highest BCUT2D eigenvalue weighted by atomic mass is 32.2. The molecule has 0 spiro atoms. The first kappa shape index (κ1) is 17.3. The Morgan fingerprint density at radius 3 is 2.40 bits per heavy atom. The summed E-state index contributed by atoms with van der Waals surface area (Å²) in [5.74, 6) is 0. The maximum Gasteiger partial charge on any atom is 0.203 e. The number of nitrogens with zero attached hydrogens (tertiary/aromatic N) is 2. The molecule has 0 saturated carbocycles. The van der Waals surface area contributed by atoms with Crippen LogP contribution in [0.25, 0.3) is 11.3 Å². The van der Waals surface area contributed by atoms with Crippen LogP contribution in [0.4, 0.5) is 5.13 Å². The second kappa shape index (κ2) is 7.16. The Hall–Kier alpha value is -2.51. The minimum absolute atomic E-state index is 0.296. The molecule has 25 heavy (non-hydrogen) atoms. The summed E-state index contributed by atoms with van der Waals surface area (Å²) < 4.78 is 23.0. The zero-order chi connectivity index (χ0) is 17.9. The number of nitrogens with one attached hydrogen (secondary N) is 1. The van der Waals surface area contributed by atoms with Gasteiger partial charge in [-0.05, 0) is 24.6 Å². The van der Waals surface area contributed by atoms with Gasteiger partial charge in [0.1, 0.15) is 0 Å². The fourth-order valence-corrected chi connectivity index (χ4v) is 3.50. The normalized spacial score (nSPS) is 12.2. The van der Waals surface area contributed by atoms with Gasteiger partial charge >= 0.3 is 0 Å². The van der Waals surface area contributed by atoms with Crippen molar-refractivity contribution in [3.05, 3.63) is 65.5 Å². The molecule has 5 nitrogen and oxygen atoms in total. The lowest BCUT2D eigenvalue weighted by molar-refractivity contribution is 0.602. The summed E-state index contributed by atoms with van der Waals surface area (Å²) in [6.45, 7) is 1.86. The summed E-state index contributed by atoms with van der Waals surface area (Å²) in [4.78, 5) is 4.81. The monoisotopic (exact) mass is 371 g/mol. The molecule has 1 N–H and O–H groups in total. The van der Waals surface area contributed by atoms with Gasteiger partial charge in [-0.15, -0.1) is 11.3 Å². The number of rotatable bonds is 5. The largest absolute Gasteiger partial charge is 0.252 e. The van der Waals surface area contributed by atoms with E-state index in [0.29, 0.717) is 10.0 Å². The third kappa shape index (κ3) is 4.32. The van der Waals surface area contributed by atoms with Crippen molar-refractivity contribution in [2.24, 2.45) is 5.10 Å². The number of hydrazone groups is 1. The number of anilines is 1. The average molecular weight is 371 g/mol. The third-order valence-corrected chi connectivity index (χ3v) is 5.47. The lowest BCUT2D eigenvalue weighted by atomic mass is 10.1. The molecule has 0 amide bonds. The molecule has 0 saturated heterocycles. The smallest absolute Gasteiger partial charge is 0.203 e. The predicted molar refractivity (Wildman–Crippen MR) is 103 cm³/mol. The van der Waals surface area contributed by atoms with Crippen LogP contribution in [-0.2, 0) is 9.84 Å². The predicted octanol–water partition coefficient (Wildman–Crippen LogP) is 4.05. The van der Waals surface area contributed by atoms with Crippen molar-refractivity contribution in [2.75, 3.05) is 11.7 Å². The Morgan fingerprint density at radius 2 is 1.76 bits per heavy atom. The number of thiazole rings is 1. The van der Waals surface area contributed by atoms with Crippen LogP contribution in [0.1, 0.15) is 12.5 Å². The molecule has 0 fully saturated rings. The van der Waals surface area contributed by atoms with E-state index in [9.17, 15) is 8.42 Å². The SMILES string of the molecule is C/C(=N/Nc1nc(-c2ccccc2)cs1)c1ccc(S(C)(=O)=O)cc1. The minimum atomic E-state index is -3.19. The van der Waals surface area contributed by atoms with Crippen LogP contribution in [-0.4, -0.2) is 25.4 Å². The Kier molecular flexibility index (Phi) is 4.96. The van der Waals surface area contributed by atoms with Crippen molar-refractivity contribution < 1.29 is 8.42 Å². The van der Waals surface area contributed by atoms with Crippen LogP contribution in [0.2, 0.25) is 0 Å². The van der Waals surface area contributed by atoms with Crippen molar-refractivity contribution in [1.82, 2.24) is 4.98 Å². The quantitative estimate of drug-likeness (QED) is 0.542. The van der Waals surface area contributed by atoms with Gasteiger partial charge in [0.05, 0.1) is 16.3 Å². The van der Waals surface area contributed by atoms with E-state index in [-0.39, 0.29) is 0 Å². The molecule has 2 aromatic carbocycles. The van der Waals surface area contributed by atoms with Gasteiger partial charge < -0.3 is 0 Å². The van der Waals surface area contributed by atoms with Gasteiger partial charge in [0, 0.05) is 17.2 Å². The molecule has 0 aliphatic carbocycles. The molecule has 0 unspecified atom stereocenters. The van der Waals surface area contributed by atoms with Gasteiger partial charge in [0.25, 0.3) is 0 Å². The molecule has 0 radical (unpaired) electrons. The summed E-state index contributed by atoms with van der Waals surface area (Å²) in [7, 11) is -3.19. The van der Waals surface area contributed by atoms with Crippen molar-refractivity contribution in [3.63, 3.8) is 0 Å². The van der Waals surface area contributed by atoms with Gasteiger partial charge in [-0.25, -0.2) is 13.4 Å². The van der Waals surface area contributed by atoms with Crippen LogP contribution in [0.15, 0.2) is 70.0 Å². The van der Waals surface area contributed by atoms with Crippen LogP contribution in [0.5, 0.6) is 0 Å². The standard InChI is InChI=1S/C18H17N3O2S2/c1-13(14-8-10-16(11-9-14)25(2,22)23)20-21-18-19-17(12-24-18)15-6-4-3-5-7-15/h3-12H,1-2H3,(H,19,21)/b20-13-. The van der Waals surface area contributed by atoms with E-state index in [0.717, 1.165) is 22.5 Å². The van der Waals surface area contributed by atoms with E-state index >= 15 is 0 Å². The molecular formula is C18H17N3O2S2. The molecule has 128 valence electrons. The molecule has 0 atom stereocenters. The minimum Gasteiger partial charge on any atom is -0.252 e. The lowest BCUT2D eigenvalue weighted by Gasteiger charge is -2.03. The van der Waals surface area contributed by atoms with E-state index < -0.39 is 9.84 Å². The van der Waals surface area contributed by atoms with Gasteiger partial charge in [0.15, 0.2) is 9.84 Å². The van der Waals surface area contributed by atoms with E-state index in [1.807, 2.05) is 42.6 Å². The number of aromatic nitrogens is 1. The molecule has 1 aromatic heterocycles. The third-order valence-electron chi connectivity index (χ3n) is 3.59. The second-order valence-corrected chi connectivity index (χ2v) is 8.38. The lowest BCUT2D eigenvalue weighted by Crippen LogP contribution is -2.01. The van der Waals surface area contributed by atoms with Crippen LogP contribution in [0.3, 0.4) is 0 Å². The van der Waals surface area contributed by atoms with Crippen LogP contribution in [0, 0.1) is 0 Å². The Bertz CT molecular complexity index is 992. The summed E-state index contributed by atoms with van der Waals surface area (Å²) in [5.41, 5.74) is 6.51. The maximum absolute atomic E-state index is 11.5. The molecule has 1 heterocycles. The number of sulfone groups is 1. The first-order chi connectivity index (χ1) is 11.9. The van der Waals surface area contributed by atoms with Crippen molar-refractivity contribution in [1.29, 1.82) is 0 Å². The molecular weight excluding hydrogens is 354 g/mol. The fraction of sp³-hybridized carbons (Fsp3) is 0.111. The van der Waals surface area contributed by atoms with Crippen LogP contribution >= 0.6 is 11.3 Å². The summed E-state index contributed by atoms with van der Waals surface area (Å²) in [5, 5.41) is 7.00. The highest BCUT2D eigenvalue weighted by molar-refractivity contribution is 7.90. The molecule has 0 aliphatic heterocycles. The number of hydrogen-bond acceptors (Lipinski definition) is 6. The zero-order valence-corrected chi connectivity index (χ0v) is 15.4. The number of hydrogen-bond donors (Lipinski definition) is 1. The van der Waals surface area contributed by atoms with Gasteiger partial charge in [-0.2, -0.15) is 5.10 Å². The van der Waals surface area contributed by atoms with Crippen molar-refractivity contribution >= 4 is 32.0 Å². The first-order valence-corrected chi connectivity index (χ1v) is 10.3. The summed E-state index contributed by atoms with van der Waals surface area (Å²) in [6, 6.07) is 16.6.